The van der Waals surface area contributed by atoms with Crippen LogP contribution in [0.5, 0.6) is 0 Å². The van der Waals surface area contributed by atoms with E-state index in [-0.39, 0.29) is 12.3 Å². The molecular formula is C11H19N3O4. The van der Waals surface area contributed by atoms with Crippen LogP contribution in [0.25, 0.3) is 0 Å². The Balaban J connectivity index is 2.60. The van der Waals surface area contributed by atoms with E-state index in [1.807, 2.05) is 0 Å². The number of nitrogens with zero attached hydrogens (tertiary/aromatic N) is 1. The SMILES string of the molecule is NCCCCC(=O)N1CCNC(=O)C1CC(=O)O. The maximum Gasteiger partial charge on any atom is 0.305 e. The summed E-state index contributed by atoms with van der Waals surface area (Å²) >= 11 is 0. The predicted molar refractivity (Wildman–Crippen MR) is 63.7 cm³/mol. The summed E-state index contributed by atoms with van der Waals surface area (Å²) in [6.45, 7) is 1.26. The van der Waals surface area contributed by atoms with Gasteiger partial charge in [-0.25, -0.2) is 0 Å². The van der Waals surface area contributed by atoms with Gasteiger partial charge in [-0.15, -0.1) is 0 Å². The minimum absolute atomic E-state index is 0.176. The van der Waals surface area contributed by atoms with E-state index in [2.05, 4.69) is 5.32 Å². The molecule has 102 valence electrons. The number of piperazine rings is 1. The Bertz CT molecular complexity index is 332. The van der Waals surface area contributed by atoms with E-state index in [0.717, 1.165) is 6.42 Å². The van der Waals surface area contributed by atoms with Crippen molar-refractivity contribution in [3.05, 3.63) is 0 Å². The first-order chi connectivity index (χ1) is 8.56. The number of carbonyl (C=O) groups excluding carboxylic acids is 2. The van der Waals surface area contributed by atoms with E-state index in [0.29, 0.717) is 32.5 Å². The van der Waals surface area contributed by atoms with Crippen LogP contribution in [0.4, 0.5) is 0 Å². The van der Waals surface area contributed by atoms with E-state index < -0.39 is 17.9 Å². The summed E-state index contributed by atoms with van der Waals surface area (Å²) < 4.78 is 0. The summed E-state index contributed by atoms with van der Waals surface area (Å²) in [5.41, 5.74) is 5.34. The highest BCUT2D eigenvalue weighted by Gasteiger charge is 2.34. The van der Waals surface area contributed by atoms with Gasteiger partial charge in [-0.1, -0.05) is 0 Å². The Morgan fingerprint density at radius 2 is 2.17 bits per heavy atom. The van der Waals surface area contributed by atoms with Gasteiger partial charge in [0.05, 0.1) is 6.42 Å². The average molecular weight is 257 g/mol. The molecule has 1 aliphatic rings. The van der Waals surface area contributed by atoms with Crippen molar-refractivity contribution >= 4 is 17.8 Å². The summed E-state index contributed by atoms with van der Waals surface area (Å²) in [5, 5.41) is 11.3. The molecule has 1 aliphatic heterocycles. The Kier molecular flexibility index (Phi) is 5.57. The number of carboxylic acids is 1. The van der Waals surface area contributed by atoms with Gasteiger partial charge < -0.3 is 21.1 Å². The van der Waals surface area contributed by atoms with Gasteiger partial charge in [0.2, 0.25) is 11.8 Å². The molecule has 0 aromatic carbocycles. The van der Waals surface area contributed by atoms with E-state index >= 15 is 0 Å². The van der Waals surface area contributed by atoms with Crippen LogP contribution < -0.4 is 11.1 Å². The fourth-order valence-corrected chi connectivity index (χ4v) is 1.95. The van der Waals surface area contributed by atoms with Gasteiger partial charge in [0.15, 0.2) is 0 Å². The van der Waals surface area contributed by atoms with Gasteiger partial charge in [-0.2, -0.15) is 0 Å². The fraction of sp³-hybridized carbons (Fsp3) is 0.727. The van der Waals surface area contributed by atoms with Crippen molar-refractivity contribution in [2.45, 2.75) is 31.7 Å². The first kappa shape index (κ1) is 14.4. The molecule has 7 heteroatoms. The molecule has 0 spiro atoms. The standard InChI is InChI=1S/C11H19N3O4/c12-4-2-1-3-9(15)14-6-5-13-11(18)8(14)7-10(16)17/h8H,1-7,12H2,(H,13,18)(H,16,17). The Labute approximate surface area is 105 Å². The fourth-order valence-electron chi connectivity index (χ4n) is 1.95. The van der Waals surface area contributed by atoms with Crippen LogP contribution in [-0.4, -0.2) is 53.5 Å². The number of hydrogen-bond acceptors (Lipinski definition) is 4. The second kappa shape index (κ2) is 6.95. The summed E-state index contributed by atoms with van der Waals surface area (Å²) in [6.07, 6.45) is 1.36. The number of carboxylic acid groups (broad SMARTS) is 1. The smallest absolute Gasteiger partial charge is 0.305 e. The minimum atomic E-state index is -1.09. The quantitative estimate of drug-likeness (QED) is 0.524. The molecule has 1 rings (SSSR count). The maximum atomic E-state index is 11.9. The number of amides is 2. The molecule has 7 nitrogen and oxygen atoms in total. The van der Waals surface area contributed by atoms with Crippen molar-refractivity contribution in [3.63, 3.8) is 0 Å². The van der Waals surface area contributed by atoms with E-state index in [4.69, 9.17) is 10.8 Å². The summed E-state index contributed by atoms with van der Waals surface area (Å²) in [5.74, 6) is -1.66. The van der Waals surface area contributed by atoms with Crippen LogP contribution in [-0.2, 0) is 14.4 Å². The van der Waals surface area contributed by atoms with E-state index in [1.165, 1.54) is 4.90 Å². The van der Waals surface area contributed by atoms with Crippen LogP contribution in [0, 0.1) is 0 Å². The zero-order chi connectivity index (χ0) is 13.5. The van der Waals surface area contributed by atoms with Crippen LogP contribution in [0.3, 0.4) is 0 Å². The molecule has 0 saturated carbocycles. The Morgan fingerprint density at radius 1 is 1.44 bits per heavy atom. The van der Waals surface area contributed by atoms with Gasteiger partial charge in [0, 0.05) is 19.5 Å². The third kappa shape index (κ3) is 3.99. The zero-order valence-corrected chi connectivity index (χ0v) is 10.2. The number of nitrogens with one attached hydrogen (secondary N) is 1. The van der Waals surface area contributed by atoms with Crippen molar-refractivity contribution < 1.29 is 19.5 Å². The Hall–Kier alpha value is -1.63. The first-order valence-corrected chi connectivity index (χ1v) is 6.05. The van der Waals surface area contributed by atoms with Crippen LogP contribution in [0.15, 0.2) is 0 Å². The zero-order valence-electron chi connectivity index (χ0n) is 10.2. The normalized spacial score (nSPS) is 19.5. The summed E-state index contributed by atoms with van der Waals surface area (Å²) in [7, 11) is 0. The maximum absolute atomic E-state index is 11.9. The third-order valence-electron chi connectivity index (χ3n) is 2.86. The molecule has 0 aromatic rings. The molecule has 0 aliphatic carbocycles. The highest BCUT2D eigenvalue weighted by Crippen LogP contribution is 2.12. The summed E-state index contributed by atoms with van der Waals surface area (Å²) in [4.78, 5) is 35.6. The van der Waals surface area contributed by atoms with Crippen molar-refractivity contribution in [2.24, 2.45) is 5.73 Å². The van der Waals surface area contributed by atoms with E-state index in [1.54, 1.807) is 0 Å². The molecule has 0 bridgehead atoms. The molecular weight excluding hydrogens is 238 g/mol. The van der Waals surface area contributed by atoms with Gasteiger partial charge in [-0.05, 0) is 19.4 Å². The second-order valence-electron chi connectivity index (χ2n) is 4.24. The first-order valence-electron chi connectivity index (χ1n) is 6.05. The van der Waals surface area contributed by atoms with Crippen molar-refractivity contribution in [1.29, 1.82) is 0 Å². The molecule has 4 N–H and O–H groups in total. The molecule has 1 fully saturated rings. The molecule has 2 amide bonds. The number of nitrogens with two attached hydrogens (primary N) is 1. The second-order valence-corrected chi connectivity index (χ2v) is 4.24. The van der Waals surface area contributed by atoms with Crippen molar-refractivity contribution in [3.8, 4) is 0 Å². The highest BCUT2D eigenvalue weighted by molar-refractivity contribution is 5.91. The molecule has 0 radical (unpaired) electrons. The van der Waals surface area contributed by atoms with Gasteiger partial charge in [-0.3, -0.25) is 14.4 Å². The Morgan fingerprint density at radius 3 is 2.78 bits per heavy atom. The van der Waals surface area contributed by atoms with Crippen LogP contribution in [0.1, 0.15) is 25.7 Å². The lowest BCUT2D eigenvalue weighted by molar-refractivity contribution is -0.148. The lowest BCUT2D eigenvalue weighted by Crippen LogP contribution is -2.57. The van der Waals surface area contributed by atoms with Crippen molar-refractivity contribution in [2.75, 3.05) is 19.6 Å². The number of rotatable bonds is 6. The van der Waals surface area contributed by atoms with Crippen LogP contribution in [0.2, 0.25) is 0 Å². The van der Waals surface area contributed by atoms with Crippen molar-refractivity contribution in [1.82, 2.24) is 10.2 Å². The monoisotopic (exact) mass is 257 g/mol. The molecule has 1 unspecified atom stereocenters. The van der Waals surface area contributed by atoms with Gasteiger partial charge in [0.1, 0.15) is 6.04 Å². The average Bonchev–Trinajstić information content (AvgIpc) is 2.31. The third-order valence-corrected chi connectivity index (χ3v) is 2.86. The molecule has 1 atom stereocenters. The molecule has 1 heterocycles. The van der Waals surface area contributed by atoms with E-state index in [9.17, 15) is 14.4 Å². The number of carbonyl (C=O) groups is 3. The number of aliphatic carboxylic acids is 1. The highest BCUT2D eigenvalue weighted by atomic mass is 16.4. The summed E-state index contributed by atoms with van der Waals surface area (Å²) in [6, 6.07) is -0.887. The van der Waals surface area contributed by atoms with Gasteiger partial charge in [0.25, 0.3) is 0 Å². The lowest BCUT2D eigenvalue weighted by Gasteiger charge is -2.34. The predicted octanol–water partition coefficient (Wildman–Crippen LogP) is -1.08. The molecule has 1 saturated heterocycles. The van der Waals surface area contributed by atoms with Crippen LogP contribution >= 0.6 is 0 Å². The lowest BCUT2D eigenvalue weighted by atomic mass is 10.1. The molecule has 0 aromatic heterocycles. The minimum Gasteiger partial charge on any atom is -0.481 e. The van der Waals surface area contributed by atoms with Gasteiger partial charge >= 0.3 is 5.97 Å². The topological polar surface area (TPSA) is 113 Å². The largest absolute Gasteiger partial charge is 0.481 e. The molecule has 18 heavy (non-hydrogen) atoms. The number of hydrogen-bond donors (Lipinski definition) is 3. The number of unbranched alkanes of at least 4 members (excludes halogenated alkanes) is 1.